The molecule has 0 aliphatic heterocycles. The van der Waals surface area contributed by atoms with E-state index in [4.69, 9.17) is 5.11 Å². The van der Waals surface area contributed by atoms with E-state index in [9.17, 15) is 0 Å². The van der Waals surface area contributed by atoms with Crippen LogP contribution >= 0.6 is 0 Å². The molecule has 0 bridgehead atoms. The first kappa shape index (κ1) is 19.5. The zero-order chi connectivity index (χ0) is 14.4. The van der Waals surface area contributed by atoms with Gasteiger partial charge in [-0.05, 0) is 32.0 Å². The fraction of sp³-hybridized carbons (Fsp3) is 0.625. The summed E-state index contributed by atoms with van der Waals surface area (Å²) in [5.41, 5.74) is 2.76. The Kier molecular flexibility index (Phi) is 15.4. The summed E-state index contributed by atoms with van der Waals surface area (Å²) in [5, 5.41) is 7.00. The number of rotatable bonds is 5. The van der Waals surface area contributed by atoms with Crippen LogP contribution in [0.2, 0.25) is 0 Å². The van der Waals surface area contributed by atoms with E-state index in [2.05, 4.69) is 49.9 Å². The van der Waals surface area contributed by atoms with Crippen LogP contribution in [0.15, 0.2) is 24.3 Å². The number of aryl methyl sites for hydroxylation is 1. The monoisotopic (exact) mass is 253 g/mol. The fourth-order valence-corrected chi connectivity index (χ4v) is 1.62. The van der Waals surface area contributed by atoms with Crippen molar-refractivity contribution in [2.75, 3.05) is 20.2 Å². The molecule has 0 unspecified atom stereocenters. The van der Waals surface area contributed by atoms with E-state index >= 15 is 0 Å². The van der Waals surface area contributed by atoms with E-state index < -0.39 is 0 Å². The Morgan fingerprint density at radius 2 is 1.50 bits per heavy atom. The average Bonchev–Trinajstić information content (AvgIpc) is 2.45. The van der Waals surface area contributed by atoms with E-state index in [0.717, 1.165) is 20.2 Å². The van der Waals surface area contributed by atoms with E-state index in [1.807, 2.05) is 13.8 Å². The van der Waals surface area contributed by atoms with Crippen molar-refractivity contribution in [1.29, 1.82) is 0 Å². The Labute approximate surface area is 114 Å². The number of benzene rings is 1. The largest absolute Gasteiger partial charge is 0.400 e. The van der Waals surface area contributed by atoms with Gasteiger partial charge in [0, 0.05) is 13.7 Å². The van der Waals surface area contributed by atoms with Crippen molar-refractivity contribution < 1.29 is 5.11 Å². The molecule has 0 saturated carbocycles. The normalized spacial score (nSPS) is 9.11. The molecular formula is C16H31NO. The maximum Gasteiger partial charge on any atom is 0.0319 e. The van der Waals surface area contributed by atoms with Gasteiger partial charge in [-0.25, -0.2) is 0 Å². The van der Waals surface area contributed by atoms with Crippen molar-refractivity contribution in [3.05, 3.63) is 35.4 Å². The Morgan fingerprint density at radius 1 is 1.00 bits per heavy atom. The van der Waals surface area contributed by atoms with Crippen LogP contribution in [0.25, 0.3) is 0 Å². The van der Waals surface area contributed by atoms with Crippen LogP contribution < -0.4 is 0 Å². The Hall–Kier alpha value is -0.860. The van der Waals surface area contributed by atoms with Crippen LogP contribution in [0.3, 0.4) is 0 Å². The topological polar surface area (TPSA) is 23.5 Å². The third-order valence-electron chi connectivity index (χ3n) is 2.51. The Balaban J connectivity index is 0. The minimum Gasteiger partial charge on any atom is -0.400 e. The van der Waals surface area contributed by atoms with Gasteiger partial charge in [0.05, 0.1) is 0 Å². The van der Waals surface area contributed by atoms with E-state index in [-0.39, 0.29) is 0 Å². The lowest BCUT2D eigenvalue weighted by Gasteiger charge is -2.19. The molecule has 0 amide bonds. The molecule has 1 aromatic rings. The highest BCUT2D eigenvalue weighted by Gasteiger charge is 2.01. The molecule has 0 heterocycles. The van der Waals surface area contributed by atoms with Gasteiger partial charge in [-0.15, -0.1) is 0 Å². The zero-order valence-corrected chi connectivity index (χ0v) is 13.0. The quantitative estimate of drug-likeness (QED) is 0.861. The number of aliphatic hydroxyl groups excluding tert-OH is 1. The van der Waals surface area contributed by atoms with E-state index in [1.165, 1.54) is 24.1 Å². The molecule has 2 nitrogen and oxygen atoms in total. The fourth-order valence-electron chi connectivity index (χ4n) is 1.62. The van der Waals surface area contributed by atoms with Crippen LogP contribution in [0, 0.1) is 6.92 Å². The third kappa shape index (κ3) is 9.20. The van der Waals surface area contributed by atoms with E-state index in [1.54, 1.807) is 0 Å². The molecule has 1 rings (SSSR count). The van der Waals surface area contributed by atoms with Crippen molar-refractivity contribution in [3.8, 4) is 0 Å². The van der Waals surface area contributed by atoms with Crippen molar-refractivity contribution in [3.63, 3.8) is 0 Å². The van der Waals surface area contributed by atoms with Crippen LogP contribution in [-0.4, -0.2) is 30.2 Å². The number of hydrogen-bond donors (Lipinski definition) is 1. The maximum atomic E-state index is 7.00. The van der Waals surface area contributed by atoms with Crippen LogP contribution in [0.4, 0.5) is 0 Å². The summed E-state index contributed by atoms with van der Waals surface area (Å²) in [5.74, 6) is 0. The van der Waals surface area contributed by atoms with Gasteiger partial charge in [-0.3, -0.25) is 4.90 Å². The van der Waals surface area contributed by atoms with Crippen molar-refractivity contribution in [2.24, 2.45) is 0 Å². The highest BCUT2D eigenvalue weighted by Crippen LogP contribution is 2.06. The predicted molar refractivity (Wildman–Crippen MR) is 81.9 cm³/mol. The molecule has 1 aromatic carbocycles. The lowest BCUT2D eigenvalue weighted by molar-refractivity contribution is 0.280. The summed E-state index contributed by atoms with van der Waals surface area (Å²) >= 11 is 0. The molecule has 2 heteroatoms. The molecule has 0 aromatic heterocycles. The molecule has 106 valence electrons. The highest BCUT2D eigenvalue weighted by atomic mass is 16.2. The second-order valence-electron chi connectivity index (χ2n) is 3.85. The summed E-state index contributed by atoms with van der Waals surface area (Å²) < 4.78 is 0. The van der Waals surface area contributed by atoms with E-state index in [0.29, 0.717) is 0 Å². The first-order valence-electron chi connectivity index (χ1n) is 6.99. The van der Waals surface area contributed by atoms with Gasteiger partial charge in [0.25, 0.3) is 0 Å². The van der Waals surface area contributed by atoms with Gasteiger partial charge in [-0.1, -0.05) is 57.5 Å². The van der Waals surface area contributed by atoms with Gasteiger partial charge in [0.2, 0.25) is 0 Å². The zero-order valence-electron chi connectivity index (χ0n) is 13.0. The molecule has 0 saturated heterocycles. The molecule has 0 aliphatic carbocycles. The van der Waals surface area contributed by atoms with Crippen LogP contribution in [0.1, 0.15) is 45.2 Å². The SMILES string of the molecule is CC.CCCN(CC)Cc1ccc(C)cc1.CO. The number of nitrogens with zero attached hydrogens (tertiary/aromatic N) is 1. The molecule has 1 N–H and O–H groups in total. The van der Waals surface area contributed by atoms with Crippen LogP contribution in [0.5, 0.6) is 0 Å². The minimum absolute atomic E-state index is 1.00. The first-order valence-corrected chi connectivity index (χ1v) is 6.99. The highest BCUT2D eigenvalue weighted by molar-refractivity contribution is 5.21. The lowest BCUT2D eigenvalue weighted by Crippen LogP contribution is -2.23. The van der Waals surface area contributed by atoms with Gasteiger partial charge >= 0.3 is 0 Å². The predicted octanol–water partition coefficient (Wildman–Crippen LogP) is 3.86. The number of aliphatic hydroxyl groups is 1. The first-order chi connectivity index (χ1) is 8.76. The Bertz CT molecular complexity index is 256. The van der Waals surface area contributed by atoms with Crippen molar-refractivity contribution in [1.82, 2.24) is 4.90 Å². The maximum absolute atomic E-state index is 7.00. The molecule has 0 atom stereocenters. The van der Waals surface area contributed by atoms with Gasteiger partial charge in [0.15, 0.2) is 0 Å². The number of hydrogen-bond acceptors (Lipinski definition) is 2. The lowest BCUT2D eigenvalue weighted by atomic mass is 10.1. The second-order valence-corrected chi connectivity index (χ2v) is 3.85. The average molecular weight is 253 g/mol. The Morgan fingerprint density at radius 3 is 1.89 bits per heavy atom. The summed E-state index contributed by atoms with van der Waals surface area (Å²) in [6, 6.07) is 8.84. The molecule has 18 heavy (non-hydrogen) atoms. The van der Waals surface area contributed by atoms with Gasteiger partial charge in [0.1, 0.15) is 0 Å². The molecule has 0 aliphatic rings. The second kappa shape index (κ2) is 14.2. The van der Waals surface area contributed by atoms with Crippen LogP contribution in [-0.2, 0) is 6.54 Å². The molecular weight excluding hydrogens is 222 g/mol. The molecule has 0 spiro atoms. The summed E-state index contributed by atoms with van der Waals surface area (Å²) in [6.45, 7) is 14.0. The summed E-state index contributed by atoms with van der Waals surface area (Å²) in [4.78, 5) is 2.48. The van der Waals surface area contributed by atoms with Gasteiger partial charge in [-0.2, -0.15) is 0 Å². The summed E-state index contributed by atoms with van der Waals surface area (Å²) in [6.07, 6.45) is 1.24. The standard InChI is InChI=1S/C13H21N.C2H6.CH4O/c1-4-10-14(5-2)11-13-8-6-12(3)7-9-13;2*1-2/h6-9H,4-5,10-11H2,1-3H3;1-2H3;2H,1H3. The summed E-state index contributed by atoms with van der Waals surface area (Å²) in [7, 11) is 1.00. The van der Waals surface area contributed by atoms with Crippen molar-refractivity contribution in [2.45, 2.75) is 47.6 Å². The third-order valence-corrected chi connectivity index (χ3v) is 2.51. The van der Waals surface area contributed by atoms with Gasteiger partial charge < -0.3 is 5.11 Å². The molecule has 0 fully saturated rings. The minimum atomic E-state index is 1.00. The van der Waals surface area contributed by atoms with Crippen molar-refractivity contribution >= 4 is 0 Å². The molecule has 0 radical (unpaired) electrons. The smallest absolute Gasteiger partial charge is 0.0319 e.